The highest BCUT2D eigenvalue weighted by atomic mass is 32.1. The van der Waals surface area contributed by atoms with E-state index in [1.54, 1.807) is 11.3 Å². The van der Waals surface area contributed by atoms with Gasteiger partial charge in [0.1, 0.15) is 5.76 Å². The zero-order chi connectivity index (χ0) is 13.4. The van der Waals surface area contributed by atoms with Crippen molar-refractivity contribution in [3.63, 3.8) is 0 Å². The van der Waals surface area contributed by atoms with Gasteiger partial charge in [0.15, 0.2) is 10.8 Å². The van der Waals surface area contributed by atoms with Gasteiger partial charge in [0.05, 0.1) is 16.8 Å². The second-order valence-electron chi connectivity index (χ2n) is 5.33. The quantitative estimate of drug-likeness (QED) is 0.768. The zero-order valence-corrected chi connectivity index (χ0v) is 12.0. The molecule has 0 saturated heterocycles. The van der Waals surface area contributed by atoms with Crippen LogP contribution in [0.4, 0.5) is 0 Å². The van der Waals surface area contributed by atoms with Crippen LogP contribution < -0.4 is 5.32 Å². The minimum absolute atomic E-state index is 0.807. The predicted octanol–water partition coefficient (Wildman–Crippen LogP) is 4.06. The van der Waals surface area contributed by atoms with E-state index >= 15 is 0 Å². The lowest BCUT2D eigenvalue weighted by atomic mass is 10.3. The van der Waals surface area contributed by atoms with E-state index in [1.807, 2.05) is 30.3 Å². The number of furan rings is 1. The molecule has 0 aliphatic heterocycles. The smallest absolute Gasteiger partial charge is 0.163 e. The molecule has 2 heterocycles. The number of para-hydroxylation sites is 1. The molecule has 0 spiro atoms. The Kier molecular flexibility index (Phi) is 3.05. The molecule has 0 unspecified atom stereocenters. The third kappa shape index (κ3) is 2.49. The fourth-order valence-electron chi connectivity index (χ4n) is 2.29. The van der Waals surface area contributed by atoms with Gasteiger partial charge in [-0.05, 0) is 49.6 Å². The van der Waals surface area contributed by atoms with Crippen LogP contribution in [-0.2, 0) is 6.54 Å². The maximum atomic E-state index is 5.89. The number of hydrogen-bond acceptors (Lipinski definition) is 4. The Morgan fingerprint density at radius 1 is 1.20 bits per heavy atom. The molecule has 102 valence electrons. The second-order valence-corrected chi connectivity index (χ2v) is 6.36. The van der Waals surface area contributed by atoms with Crippen molar-refractivity contribution in [3.05, 3.63) is 42.2 Å². The summed E-state index contributed by atoms with van der Waals surface area (Å²) < 4.78 is 7.09. The first-order valence-corrected chi connectivity index (χ1v) is 7.85. The first kappa shape index (κ1) is 12.1. The van der Waals surface area contributed by atoms with Crippen LogP contribution in [0.1, 0.15) is 18.6 Å². The maximum absolute atomic E-state index is 5.89. The van der Waals surface area contributed by atoms with Gasteiger partial charge in [-0.1, -0.05) is 12.1 Å². The first-order chi connectivity index (χ1) is 9.88. The average Bonchev–Trinajstić information content (AvgIpc) is 3.01. The molecule has 3 nitrogen and oxygen atoms in total. The van der Waals surface area contributed by atoms with Crippen LogP contribution in [0, 0.1) is 5.92 Å². The van der Waals surface area contributed by atoms with Gasteiger partial charge in [0.2, 0.25) is 0 Å². The van der Waals surface area contributed by atoms with E-state index in [0.717, 1.165) is 41.1 Å². The summed E-state index contributed by atoms with van der Waals surface area (Å²) in [6.45, 7) is 1.92. The van der Waals surface area contributed by atoms with Crippen LogP contribution in [-0.4, -0.2) is 11.5 Å². The van der Waals surface area contributed by atoms with E-state index in [9.17, 15) is 0 Å². The van der Waals surface area contributed by atoms with Crippen molar-refractivity contribution in [2.75, 3.05) is 6.54 Å². The van der Waals surface area contributed by atoms with Crippen LogP contribution in [0.25, 0.3) is 21.0 Å². The number of benzene rings is 1. The molecule has 1 aromatic carbocycles. The molecule has 0 atom stereocenters. The Labute approximate surface area is 121 Å². The van der Waals surface area contributed by atoms with Gasteiger partial charge >= 0.3 is 0 Å². The SMILES string of the molecule is c1ccc2sc(-c3ccc(CNCC4CC4)o3)nc2c1. The molecule has 3 aromatic rings. The van der Waals surface area contributed by atoms with Gasteiger partial charge in [-0.3, -0.25) is 0 Å². The number of nitrogens with one attached hydrogen (secondary N) is 1. The molecule has 0 radical (unpaired) electrons. The van der Waals surface area contributed by atoms with Gasteiger partial charge < -0.3 is 9.73 Å². The topological polar surface area (TPSA) is 38.1 Å². The van der Waals surface area contributed by atoms with Crippen LogP contribution >= 0.6 is 11.3 Å². The molecule has 1 aliphatic rings. The highest BCUT2D eigenvalue weighted by Crippen LogP contribution is 2.31. The third-order valence-corrected chi connectivity index (χ3v) is 4.65. The Bertz CT molecular complexity index is 694. The van der Waals surface area contributed by atoms with Crippen molar-refractivity contribution >= 4 is 21.6 Å². The van der Waals surface area contributed by atoms with E-state index in [-0.39, 0.29) is 0 Å². The van der Waals surface area contributed by atoms with Crippen molar-refractivity contribution in [3.8, 4) is 10.8 Å². The monoisotopic (exact) mass is 284 g/mol. The standard InChI is InChI=1S/C16H16N2OS/c1-2-4-15-13(3-1)18-16(20-15)14-8-7-12(19-14)10-17-9-11-5-6-11/h1-4,7-8,11,17H,5-6,9-10H2. The molecular weight excluding hydrogens is 268 g/mol. The molecule has 1 aliphatic carbocycles. The molecule has 0 amide bonds. The number of rotatable bonds is 5. The van der Waals surface area contributed by atoms with Crippen LogP contribution in [0.3, 0.4) is 0 Å². The van der Waals surface area contributed by atoms with Gasteiger partial charge in [-0.2, -0.15) is 0 Å². The summed E-state index contributed by atoms with van der Waals surface area (Å²) >= 11 is 1.68. The zero-order valence-electron chi connectivity index (χ0n) is 11.1. The lowest BCUT2D eigenvalue weighted by Gasteiger charge is -1.99. The van der Waals surface area contributed by atoms with Gasteiger partial charge in [0.25, 0.3) is 0 Å². The lowest BCUT2D eigenvalue weighted by Crippen LogP contribution is -2.15. The Morgan fingerprint density at radius 3 is 2.95 bits per heavy atom. The summed E-state index contributed by atoms with van der Waals surface area (Å²) in [7, 11) is 0. The molecule has 20 heavy (non-hydrogen) atoms. The summed E-state index contributed by atoms with van der Waals surface area (Å²) in [4.78, 5) is 4.62. The summed E-state index contributed by atoms with van der Waals surface area (Å²) in [6, 6.07) is 12.3. The number of thiazole rings is 1. The summed E-state index contributed by atoms with van der Waals surface area (Å²) in [5.41, 5.74) is 1.04. The van der Waals surface area contributed by atoms with Crippen molar-refractivity contribution in [1.29, 1.82) is 0 Å². The minimum atomic E-state index is 0.807. The fraction of sp³-hybridized carbons (Fsp3) is 0.312. The molecule has 4 rings (SSSR count). The van der Waals surface area contributed by atoms with Crippen LogP contribution in [0.2, 0.25) is 0 Å². The molecule has 1 saturated carbocycles. The number of nitrogens with zero attached hydrogens (tertiary/aromatic N) is 1. The number of hydrogen-bond donors (Lipinski definition) is 1. The molecule has 2 aromatic heterocycles. The van der Waals surface area contributed by atoms with E-state index in [0.29, 0.717) is 0 Å². The molecule has 1 N–H and O–H groups in total. The average molecular weight is 284 g/mol. The van der Waals surface area contributed by atoms with Crippen molar-refractivity contribution < 1.29 is 4.42 Å². The van der Waals surface area contributed by atoms with Crippen LogP contribution in [0.5, 0.6) is 0 Å². The normalized spacial score (nSPS) is 15.0. The van der Waals surface area contributed by atoms with Crippen molar-refractivity contribution in [1.82, 2.24) is 10.3 Å². The van der Waals surface area contributed by atoms with E-state index in [4.69, 9.17) is 4.42 Å². The van der Waals surface area contributed by atoms with E-state index in [1.165, 1.54) is 17.5 Å². The number of fused-ring (bicyclic) bond motifs is 1. The molecule has 4 heteroatoms. The van der Waals surface area contributed by atoms with Crippen molar-refractivity contribution in [2.24, 2.45) is 5.92 Å². The number of aromatic nitrogens is 1. The Morgan fingerprint density at radius 2 is 2.10 bits per heavy atom. The Balaban J connectivity index is 1.51. The van der Waals surface area contributed by atoms with Gasteiger partial charge in [-0.15, -0.1) is 11.3 Å². The second kappa shape index (κ2) is 5.04. The van der Waals surface area contributed by atoms with Crippen molar-refractivity contribution in [2.45, 2.75) is 19.4 Å². The molecule has 0 bridgehead atoms. The van der Waals surface area contributed by atoms with E-state index in [2.05, 4.69) is 16.4 Å². The summed E-state index contributed by atoms with van der Waals surface area (Å²) in [5.74, 6) is 2.75. The highest BCUT2D eigenvalue weighted by Gasteiger charge is 2.20. The van der Waals surface area contributed by atoms with Gasteiger partial charge in [0, 0.05) is 0 Å². The highest BCUT2D eigenvalue weighted by molar-refractivity contribution is 7.21. The summed E-state index contributed by atoms with van der Waals surface area (Å²) in [6.07, 6.45) is 2.75. The maximum Gasteiger partial charge on any atom is 0.163 e. The van der Waals surface area contributed by atoms with E-state index < -0.39 is 0 Å². The first-order valence-electron chi connectivity index (χ1n) is 7.04. The lowest BCUT2D eigenvalue weighted by molar-refractivity contribution is 0.488. The largest absolute Gasteiger partial charge is 0.457 e. The Hall–Kier alpha value is -1.65. The molecule has 1 fully saturated rings. The fourth-order valence-corrected chi connectivity index (χ4v) is 3.21. The minimum Gasteiger partial charge on any atom is -0.457 e. The predicted molar refractivity (Wildman–Crippen MR) is 81.8 cm³/mol. The van der Waals surface area contributed by atoms with Gasteiger partial charge in [-0.25, -0.2) is 4.98 Å². The third-order valence-electron chi connectivity index (χ3n) is 3.60. The summed E-state index contributed by atoms with van der Waals surface area (Å²) in [5, 5.41) is 4.40. The molecular formula is C16H16N2OS. The van der Waals surface area contributed by atoms with Crippen LogP contribution in [0.15, 0.2) is 40.8 Å².